The van der Waals surface area contributed by atoms with Crippen molar-refractivity contribution < 1.29 is 19.5 Å². The summed E-state index contributed by atoms with van der Waals surface area (Å²) in [4.78, 5) is 36.3. The topological polar surface area (TPSA) is 98.7 Å². The molecule has 1 aromatic carbocycles. The molecule has 3 N–H and O–H groups in total. The lowest BCUT2D eigenvalue weighted by Crippen LogP contribution is -2.42. The molecule has 0 aromatic heterocycles. The molecule has 1 fully saturated rings. The number of likely N-dealkylation sites (tertiary alicyclic amines) is 1. The molecule has 1 aliphatic rings. The van der Waals surface area contributed by atoms with Gasteiger partial charge < -0.3 is 20.6 Å². The number of halogens is 1. The van der Waals surface area contributed by atoms with Crippen LogP contribution in [0.5, 0.6) is 0 Å². The van der Waals surface area contributed by atoms with Crippen LogP contribution in [0.2, 0.25) is 0 Å². The third-order valence-corrected chi connectivity index (χ3v) is 3.86. The molecule has 8 heteroatoms. The predicted molar refractivity (Wildman–Crippen MR) is 84.3 cm³/mol. The Bertz CT molecular complexity index is 605. The molecule has 112 valence electrons. The number of nitrogens with zero attached hydrogens (tertiary/aromatic N) is 1. The summed E-state index contributed by atoms with van der Waals surface area (Å²) in [6.45, 7) is 0.591. The fourth-order valence-electron chi connectivity index (χ4n) is 2.08. The third kappa shape index (κ3) is 3.63. The van der Waals surface area contributed by atoms with Gasteiger partial charge in [0.25, 0.3) is 0 Å². The second-order valence-electron chi connectivity index (χ2n) is 4.69. The van der Waals surface area contributed by atoms with Crippen LogP contribution in [0.1, 0.15) is 16.8 Å². The summed E-state index contributed by atoms with van der Waals surface area (Å²) in [6.07, 6.45) is 0.543. The first-order valence-electron chi connectivity index (χ1n) is 6.24. The van der Waals surface area contributed by atoms with Crippen molar-refractivity contribution in [2.75, 3.05) is 18.9 Å². The molecule has 0 bridgehead atoms. The summed E-state index contributed by atoms with van der Waals surface area (Å²) in [7, 11) is 1.67. The summed E-state index contributed by atoms with van der Waals surface area (Å²) in [5, 5.41) is 14.2. The number of carboxylic acid groups (broad SMARTS) is 1. The largest absolute Gasteiger partial charge is 0.478 e. The molecular formula is C13H14IN3O4. The lowest BCUT2D eigenvalue weighted by molar-refractivity contribution is -0.128. The third-order valence-electron chi connectivity index (χ3n) is 3.19. The molecule has 1 unspecified atom stereocenters. The number of aromatic carboxylic acids is 1. The first-order valence-corrected chi connectivity index (χ1v) is 7.31. The van der Waals surface area contributed by atoms with E-state index < -0.39 is 18.0 Å². The Balaban J connectivity index is 2.06. The molecule has 1 heterocycles. The number of hydrogen-bond donors (Lipinski definition) is 3. The molecule has 1 saturated heterocycles. The molecule has 1 atom stereocenters. The summed E-state index contributed by atoms with van der Waals surface area (Å²) >= 11 is 1.99. The number of carbonyl (C=O) groups excluding carboxylic acids is 2. The Morgan fingerprint density at radius 2 is 2.14 bits per heavy atom. The van der Waals surface area contributed by atoms with Crippen molar-refractivity contribution in [3.63, 3.8) is 0 Å². The monoisotopic (exact) mass is 403 g/mol. The van der Waals surface area contributed by atoms with Crippen LogP contribution in [-0.2, 0) is 4.79 Å². The highest BCUT2D eigenvalue weighted by Crippen LogP contribution is 2.19. The van der Waals surface area contributed by atoms with Crippen LogP contribution in [0.3, 0.4) is 0 Å². The van der Waals surface area contributed by atoms with Gasteiger partial charge in [0, 0.05) is 17.2 Å². The van der Waals surface area contributed by atoms with Gasteiger partial charge >= 0.3 is 12.0 Å². The quantitative estimate of drug-likeness (QED) is 0.664. The number of likely N-dealkylation sites (N-methyl/N-ethyl adjacent to an activating group) is 1. The van der Waals surface area contributed by atoms with Crippen molar-refractivity contribution in [1.82, 2.24) is 10.2 Å². The van der Waals surface area contributed by atoms with E-state index in [2.05, 4.69) is 10.6 Å². The Labute approximate surface area is 134 Å². The van der Waals surface area contributed by atoms with E-state index in [1.165, 1.54) is 12.1 Å². The van der Waals surface area contributed by atoms with Gasteiger partial charge in [-0.25, -0.2) is 9.59 Å². The molecule has 1 aliphatic heterocycles. The van der Waals surface area contributed by atoms with Crippen LogP contribution >= 0.6 is 22.6 Å². The number of nitrogens with one attached hydrogen (secondary N) is 2. The van der Waals surface area contributed by atoms with E-state index in [1.807, 2.05) is 22.6 Å². The molecule has 2 rings (SSSR count). The highest BCUT2D eigenvalue weighted by molar-refractivity contribution is 14.1. The molecule has 0 aliphatic carbocycles. The van der Waals surface area contributed by atoms with Crippen molar-refractivity contribution in [2.45, 2.75) is 12.5 Å². The van der Waals surface area contributed by atoms with Gasteiger partial charge in [-0.2, -0.15) is 0 Å². The molecule has 0 spiro atoms. The van der Waals surface area contributed by atoms with Crippen LogP contribution in [-0.4, -0.2) is 47.5 Å². The Hall–Kier alpha value is -1.84. The Morgan fingerprint density at radius 3 is 2.71 bits per heavy atom. The van der Waals surface area contributed by atoms with Crippen LogP contribution < -0.4 is 10.6 Å². The van der Waals surface area contributed by atoms with Crippen molar-refractivity contribution in [3.8, 4) is 0 Å². The maximum Gasteiger partial charge on any atom is 0.337 e. The minimum absolute atomic E-state index is 0.00640. The van der Waals surface area contributed by atoms with E-state index in [0.717, 1.165) is 3.57 Å². The van der Waals surface area contributed by atoms with E-state index in [9.17, 15) is 14.4 Å². The second-order valence-corrected chi connectivity index (χ2v) is 5.94. The molecular weight excluding hydrogens is 389 g/mol. The lowest BCUT2D eigenvalue weighted by Gasteiger charge is -2.14. The SMILES string of the molecule is CN1CCC(NC(=O)Nc2ccc(I)cc2C(=O)O)C1=O. The van der Waals surface area contributed by atoms with Gasteiger partial charge in [-0.1, -0.05) is 0 Å². The van der Waals surface area contributed by atoms with Crippen LogP contribution in [0.15, 0.2) is 18.2 Å². The molecule has 0 saturated carbocycles. The van der Waals surface area contributed by atoms with Gasteiger partial charge in [0.15, 0.2) is 0 Å². The van der Waals surface area contributed by atoms with E-state index in [0.29, 0.717) is 13.0 Å². The summed E-state index contributed by atoms with van der Waals surface area (Å²) < 4.78 is 0.753. The number of carbonyl (C=O) groups is 3. The molecule has 7 nitrogen and oxygen atoms in total. The van der Waals surface area contributed by atoms with Crippen LogP contribution in [0, 0.1) is 3.57 Å². The zero-order chi connectivity index (χ0) is 15.6. The summed E-state index contributed by atoms with van der Waals surface area (Å²) in [5.41, 5.74) is 0.200. The van der Waals surface area contributed by atoms with E-state index in [4.69, 9.17) is 5.11 Å². The van der Waals surface area contributed by atoms with E-state index >= 15 is 0 Å². The molecule has 3 amide bonds. The minimum atomic E-state index is -1.12. The second kappa shape index (κ2) is 6.29. The highest BCUT2D eigenvalue weighted by atomic mass is 127. The summed E-state index contributed by atoms with van der Waals surface area (Å²) in [5.74, 6) is -1.27. The molecule has 0 radical (unpaired) electrons. The molecule has 21 heavy (non-hydrogen) atoms. The zero-order valence-electron chi connectivity index (χ0n) is 11.2. The average Bonchev–Trinajstić information content (AvgIpc) is 2.72. The smallest absolute Gasteiger partial charge is 0.337 e. The first-order chi connectivity index (χ1) is 9.88. The molecule has 1 aromatic rings. The van der Waals surface area contributed by atoms with E-state index in [1.54, 1.807) is 18.0 Å². The lowest BCUT2D eigenvalue weighted by atomic mass is 10.2. The van der Waals surface area contributed by atoms with Gasteiger partial charge in [0.1, 0.15) is 6.04 Å². The number of benzene rings is 1. The number of urea groups is 1. The van der Waals surface area contributed by atoms with Crippen LogP contribution in [0.4, 0.5) is 10.5 Å². The van der Waals surface area contributed by atoms with Crippen molar-refractivity contribution in [3.05, 3.63) is 27.3 Å². The Kier molecular flexibility index (Phi) is 4.66. The van der Waals surface area contributed by atoms with Crippen molar-refractivity contribution >= 4 is 46.2 Å². The minimum Gasteiger partial charge on any atom is -0.478 e. The van der Waals surface area contributed by atoms with Gasteiger partial charge in [0.05, 0.1) is 11.3 Å². The van der Waals surface area contributed by atoms with Gasteiger partial charge in [-0.05, 0) is 47.2 Å². The number of amides is 3. The fourth-order valence-corrected chi connectivity index (χ4v) is 2.57. The average molecular weight is 403 g/mol. The number of carboxylic acids is 1. The normalized spacial score (nSPS) is 17.7. The van der Waals surface area contributed by atoms with Gasteiger partial charge in [0.2, 0.25) is 5.91 Å². The first kappa shape index (κ1) is 15.5. The van der Waals surface area contributed by atoms with Gasteiger partial charge in [-0.3, -0.25) is 4.79 Å². The highest BCUT2D eigenvalue weighted by Gasteiger charge is 2.30. The van der Waals surface area contributed by atoms with Gasteiger partial charge in [-0.15, -0.1) is 0 Å². The summed E-state index contributed by atoms with van der Waals surface area (Å²) in [6, 6.07) is 3.52. The Morgan fingerprint density at radius 1 is 1.43 bits per heavy atom. The standard InChI is InChI=1S/C13H14IN3O4/c1-17-5-4-10(11(17)18)16-13(21)15-9-3-2-7(14)6-8(9)12(19)20/h2-3,6,10H,4-5H2,1H3,(H,19,20)(H2,15,16,21). The maximum atomic E-state index is 11.9. The van der Waals surface area contributed by atoms with Crippen molar-refractivity contribution in [2.24, 2.45) is 0 Å². The maximum absolute atomic E-state index is 11.9. The van der Waals surface area contributed by atoms with E-state index in [-0.39, 0.29) is 17.2 Å². The number of anilines is 1. The number of rotatable bonds is 3. The van der Waals surface area contributed by atoms with Crippen molar-refractivity contribution in [1.29, 1.82) is 0 Å². The fraction of sp³-hybridized carbons (Fsp3) is 0.308. The number of hydrogen-bond acceptors (Lipinski definition) is 3. The van der Waals surface area contributed by atoms with Crippen LogP contribution in [0.25, 0.3) is 0 Å². The zero-order valence-corrected chi connectivity index (χ0v) is 13.4. The predicted octanol–water partition coefficient (Wildman–Crippen LogP) is 1.34.